The summed E-state index contributed by atoms with van der Waals surface area (Å²) in [7, 11) is -3.16. The Morgan fingerprint density at radius 3 is 2.62 bits per heavy atom. The molecule has 0 aliphatic carbocycles. The smallest absolute Gasteiger partial charge is 0.215 e. The maximum atomic E-state index is 13.0. The molecule has 0 atom stereocenters. The zero-order chi connectivity index (χ0) is 17.0. The van der Waals surface area contributed by atoms with E-state index in [1.165, 1.54) is 12.1 Å². The fraction of sp³-hybridized carbons (Fsp3) is 0.438. The van der Waals surface area contributed by atoms with E-state index in [0.717, 1.165) is 29.7 Å². The highest BCUT2D eigenvalue weighted by molar-refractivity contribution is 7.89. The van der Waals surface area contributed by atoms with Gasteiger partial charge in [-0.3, -0.25) is 5.10 Å². The van der Waals surface area contributed by atoms with E-state index < -0.39 is 10.0 Å². The number of sulfonamides is 1. The first kappa shape index (κ1) is 17.1. The van der Waals surface area contributed by atoms with Gasteiger partial charge in [0.15, 0.2) is 0 Å². The molecule has 24 heavy (non-hydrogen) atoms. The molecule has 0 amide bonds. The molecule has 0 saturated carbocycles. The highest BCUT2D eigenvalue weighted by Crippen LogP contribution is 2.21. The molecule has 0 unspecified atom stereocenters. The van der Waals surface area contributed by atoms with E-state index in [2.05, 4.69) is 15.5 Å². The zero-order valence-electron chi connectivity index (χ0n) is 13.3. The fourth-order valence-corrected chi connectivity index (χ4v) is 4.31. The van der Waals surface area contributed by atoms with Crippen LogP contribution in [0.1, 0.15) is 18.4 Å². The Kier molecular flexibility index (Phi) is 5.27. The highest BCUT2D eigenvalue weighted by Gasteiger charge is 2.24. The first-order valence-electron chi connectivity index (χ1n) is 8.03. The van der Waals surface area contributed by atoms with Crippen molar-refractivity contribution in [2.24, 2.45) is 0 Å². The lowest BCUT2D eigenvalue weighted by atomic mass is 10.1. The number of nitrogens with one attached hydrogen (secondary N) is 2. The third kappa shape index (κ3) is 4.00. The summed E-state index contributed by atoms with van der Waals surface area (Å²) in [5.41, 5.74) is 2.57. The van der Waals surface area contributed by atoms with Crippen molar-refractivity contribution in [2.45, 2.75) is 19.4 Å². The van der Waals surface area contributed by atoms with Gasteiger partial charge in [-0.15, -0.1) is 0 Å². The molecule has 3 rings (SSSR count). The number of halogens is 1. The van der Waals surface area contributed by atoms with Crippen LogP contribution in [0, 0.1) is 5.82 Å². The summed E-state index contributed by atoms with van der Waals surface area (Å²) < 4.78 is 38.9. The van der Waals surface area contributed by atoms with E-state index in [4.69, 9.17) is 0 Å². The molecule has 1 fully saturated rings. The normalized spacial score (nSPS) is 15.9. The number of hydrogen-bond donors (Lipinski definition) is 2. The number of hydrogen-bond acceptors (Lipinski definition) is 4. The van der Waals surface area contributed by atoms with Crippen molar-refractivity contribution in [2.75, 3.05) is 25.4 Å². The molecule has 0 bridgehead atoms. The van der Waals surface area contributed by atoms with E-state index in [0.29, 0.717) is 26.2 Å². The van der Waals surface area contributed by atoms with Crippen molar-refractivity contribution < 1.29 is 12.8 Å². The molecule has 1 aliphatic heterocycles. The van der Waals surface area contributed by atoms with Crippen molar-refractivity contribution in [3.05, 3.63) is 41.8 Å². The number of aromatic nitrogens is 2. The summed E-state index contributed by atoms with van der Waals surface area (Å²) in [6, 6.07) is 6.17. The molecule has 1 aromatic carbocycles. The first-order chi connectivity index (χ1) is 11.6. The van der Waals surface area contributed by atoms with Crippen LogP contribution in [0.5, 0.6) is 0 Å². The predicted octanol–water partition coefficient (Wildman–Crippen LogP) is 1.73. The van der Waals surface area contributed by atoms with Crippen molar-refractivity contribution in [1.29, 1.82) is 0 Å². The molecule has 0 spiro atoms. The summed E-state index contributed by atoms with van der Waals surface area (Å²) >= 11 is 0. The Morgan fingerprint density at radius 1 is 1.21 bits per heavy atom. The lowest BCUT2D eigenvalue weighted by Gasteiger charge is -2.15. The van der Waals surface area contributed by atoms with Crippen LogP contribution in [-0.2, 0) is 16.6 Å². The van der Waals surface area contributed by atoms with E-state index in [9.17, 15) is 12.8 Å². The standard InChI is InChI=1S/C16H21FN4O2S/c17-15-5-3-13(4-6-15)16-14(12-19-20-16)11-18-7-10-24(22,23)21-8-1-2-9-21/h3-6,12,18H,1-2,7-11H2,(H,19,20). The van der Waals surface area contributed by atoms with Crippen LogP contribution in [0.15, 0.2) is 30.5 Å². The number of rotatable bonds is 7. The molecule has 0 radical (unpaired) electrons. The second-order valence-electron chi connectivity index (χ2n) is 5.88. The highest BCUT2D eigenvalue weighted by atomic mass is 32.2. The van der Waals surface area contributed by atoms with Gasteiger partial charge in [-0.25, -0.2) is 17.1 Å². The Hall–Kier alpha value is -1.77. The maximum absolute atomic E-state index is 13.0. The Labute approximate surface area is 141 Å². The predicted molar refractivity (Wildman–Crippen MR) is 90.3 cm³/mol. The number of benzene rings is 1. The second kappa shape index (κ2) is 7.42. The summed E-state index contributed by atoms with van der Waals surface area (Å²) in [6.45, 7) is 2.16. The van der Waals surface area contributed by atoms with E-state index >= 15 is 0 Å². The van der Waals surface area contributed by atoms with Gasteiger partial charge in [0.25, 0.3) is 0 Å². The van der Waals surface area contributed by atoms with Crippen LogP contribution in [0.3, 0.4) is 0 Å². The summed E-state index contributed by atoms with van der Waals surface area (Å²) in [6.07, 6.45) is 3.59. The van der Waals surface area contributed by atoms with Crippen molar-refractivity contribution >= 4 is 10.0 Å². The van der Waals surface area contributed by atoms with Crippen LogP contribution in [0.2, 0.25) is 0 Å². The molecule has 2 aromatic rings. The molecule has 6 nitrogen and oxygen atoms in total. The van der Waals surface area contributed by atoms with Gasteiger partial charge in [0.1, 0.15) is 5.82 Å². The van der Waals surface area contributed by atoms with Gasteiger partial charge >= 0.3 is 0 Å². The second-order valence-corrected chi connectivity index (χ2v) is 7.96. The molecule has 130 valence electrons. The zero-order valence-corrected chi connectivity index (χ0v) is 14.2. The van der Waals surface area contributed by atoms with Gasteiger partial charge in [-0.1, -0.05) is 0 Å². The van der Waals surface area contributed by atoms with Gasteiger partial charge in [0, 0.05) is 37.3 Å². The van der Waals surface area contributed by atoms with E-state index in [1.807, 2.05) is 0 Å². The Bertz CT molecular complexity index is 768. The number of H-pyrrole nitrogens is 1. The minimum atomic E-state index is -3.16. The summed E-state index contributed by atoms with van der Waals surface area (Å²) in [4.78, 5) is 0. The monoisotopic (exact) mass is 352 g/mol. The van der Waals surface area contributed by atoms with Gasteiger partial charge in [0.2, 0.25) is 10.0 Å². The largest absolute Gasteiger partial charge is 0.311 e. The Morgan fingerprint density at radius 2 is 1.92 bits per heavy atom. The lowest BCUT2D eigenvalue weighted by molar-refractivity contribution is 0.475. The lowest BCUT2D eigenvalue weighted by Crippen LogP contribution is -2.34. The molecule has 1 saturated heterocycles. The van der Waals surface area contributed by atoms with Gasteiger partial charge < -0.3 is 5.32 Å². The maximum Gasteiger partial charge on any atom is 0.215 e. The van der Waals surface area contributed by atoms with Crippen LogP contribution in [0.25, 0.3) is 11.3 Å². The minimum Gasteiger partial charge on any atom is -0.311 e. The van der Waals surface area contributed by atoms with Crippen LogP contribution in [0.4, 0.5) is 4.39 Å². The quantitative estimate of drug-likeness (QED) is 0.744. The van der Waals surface area contributed by atoms with Crippen LogP contribution >= 0.6 is 0 Å². The molecule has 2 N–H and O–H groups in total. The number of aromatic amines is 1. The van der Waals surface area contributed by atoms with Gasteiger partial charge in [-0.05, 0) is 37.1 Å². The van der Waals surface area contributed by atoms with Crippen LogP contribution in [-0.4, -0.2) is 48.3 Å². The molecule has 1 aliphatic rings. The summed E-state index contributed by atoms with van der Waals surface area (Å²) in [5, 5.41) is 10.1. The number of nitrogens with zero attached hydrogens (tertiary/aromatic N) is 2. The molecular weight excluding hydrogens is 331 g/mol. The van der Waals surface area contributed by atoms with Crippen LogP contribution < -0.4 is 5.32 Å². The van der Waals surface area contributed by atoms with Gasteiger partial charge in [-0.2, -0.15) is 5.10 Å². The van der Waals surface area contributed by atoms with Crippen molar-refractivity contribution in [1.82, 2.24) is 19.8 Å². The van der Waals surface area contributed by atoms with Crippen molar-refractivity contribution in [3.8, 4) is 11.3 Å². The summed E-state index contributed by atoms with van der Waals surface area (Å²) in [5.74, 6) is -0.193. The van der Waals surface area contributed by atoms with E-state index in [-0.39, 0.29) is 11.6 Å². The molecular formula is C16H21FN4O2S. The third-order valence-corrected chi connectivity index (χ3v) is 6.03. The molecule has 2 heterocycles. The SMILES string of the molecule is O=S(=O)(CCNCc1cn[nH]c1-c1ccc(F)cc1)N1CCCC1. The fourth-order valence-electron chi connectivity index (χ4n) is 2.83. The van der Waals surface area contributed by atoms with E-state index in [1.54, 1.807) is 22.6 Å². The van der Waals surface area contributed by atoms with Crippen molar-refractivity contribution in [3.63, 3.8) is 0 Å². The average molecular weight is 352 g/mol. The first-order valence-corrected chi connectivity index (χ1v) is 9.64. The molecule has 8 heteroatoms. The van der Waals surface area contributed by atoms with Gasteiger partial charge in [0.05, 0.1) is 17.6 Å². The topological polar surface area (TPSA) is 78.1 Å². The average Bonchev–Trinajstić information content (AvgIpc) is 3.24. The molecule has 1 aromatic heterocycles. The third-order valence-electron chi connectivity index (χ3n) is 4.16. The minimum absolute atomic E-state index is 0.0940. The Balaban J connectivity index is 1.54.